The number of ketones is 1. The lowest BCUT2D eigenvalue weighted by Gasteiger charge is -2.36. The molecule has 2 aliphatic rings. The van der Waals surface area contributed by atoms with Crippen LogP contribution >= 0.6 is 0 Å². The van der Waals surface area contributed by atoms with Crippen molar-refractivity contribution in [1.29, 1.82) is 0 Å². The van der Waals surface area contributed by atoms with Gasteiger partial charge in [0.25, 0.3) is 5.91 Å². The average Bonchev–Trinajstić information content (AvgIpc) is 3.71. The van der Waals surface area contributed by atoms with Gasteiger partial charge in [0.2, 0.25) is 11.8 Å². The van der Waals surface area contributed by atoms with Gasteiger partial charge in [-0.15, -0.1) is 0 Å². The molecule has 3 aromatic carbocycles. The summed E-state index contributed by atoms with van der Waals surface area (Å²) in [6.07, 6.45) is 1.73. The van der Waals surface area contributed by atoms with E-state index in [-0.39, 0.29) is 49.7 Å². The van der Waals surface area contributed by atoms with Crippen molar-refractivity contribution >= 4 is 34.4 Å². The summed E-state index contributed by atoms with van der Waals surface area (Å²) in [7, 11) is 1.58. The lowest BCUT2D eigenvalue weighted by molar-refractivity contribution is -0.133. The van der Waals surface area contributed by atoms with Crippen LogP contribution in [-0.2, 0) is 38.7 Å². The molecule has 238 valence electrons. The number of benzene rings is 3. The van der Waals surface area contributed by atoms with Crippen LogP contribution in [-0.4, -0.2) is 65.7 Å². The van der Waals surface area contributed by atoms with E-state index in [4.69, 9.17) is 9.47 Å². The summed E-state index contributed by atoms with van der Waals surface area (Å²) in [5.41, 5.74) is 3.96. The Morgan fingerprint density at radius 3 is 2.54 bits per heavy atom. The number of carbonyl (C=O) groups is 4. The monoisotopic (exact) mass is 622 g/mol. The maximum absolute atomic E-state index is 14.1. The number of nitrogens with one attached hydrogen (secondary N) is 3. The zero-order valence-corrected chi connectivity index (χ0v) is 25.8. The summed E-state index contributed by atoms with van der Waals surface area (Å²) >= 11 is 0. The molecule has 3 amide bonds. The van der Waals surface area contributed by atoms with Crippen LogP contribution in [0.4, 0.5) is 0 Å². The van der Waals surface area contributed by atoms with Crippen molar-refractivity contribution < 1.29 is 28.7 Å². The van der Waals surface area contributed by atoms with Crippen molar-refractivity contribution in [1.82, 2.24) is 20.5 Å². The number of hydrogen-bond donors (Lipinski definition) is 3. The number of H-pyrrole nitrogens is 1. The second-order valence-electron chi connectivity index (χ2n) is 11.9. The molecule has 2 aliphatic heterocycles. The van der Waals surface area contributed by atoms with Crippen LogP contribution in [0.5, 0.6) is 5.75 Å². The number of amides is 3. The van der Waals surface area contributed by atoms with Crippen LogP contribution in [0.1, 0.15) is 46.4 Å². The number of rotatable bonds is 12. The minimum absolute atomic E-state index is 0.0338. The lowest BCUT2D eigenvalue weighted by atomic mass is 9.92. The molecule has 4 aromatic rings. The number of hydrogen-bond acceptors (Lipinski definition) is 6. The Morgan fingerprint density at radius 1 is 1.00 bits per heavy atom. The van der Waals surface area contributed by atoms with Gasteiger partial charge in [-0.1, -0.05) is 60.7 Å². The third kappa shape index (κ3) is 6.82. The van der Waals surface area contributed by atoms with Gasteiger partial charge in [-0.25, -0.2) is 0 Å². The molecule has 0 spiro atoms. The van der Waals surface area contributed by atoms with Gasteiger partial charge in [0.15, 0.2) is 5.78 Å². The van der Waals surface area contributed by atoms with E-state index < -0.39 is 18.0 Å². The number of aromatic nitrogens is 1. The van der Waals surface area contributed by atoms with Crippen LogP contribution in [0.2, 0.25) is 0 Å². The summed E-state index contributed by atoms with van der Waals surface area (Å²) in [6, 6.07) is 22.8. The standard InChI is InChI=1S/C36H38N4O6/c1-45-33-13-7-12-28-27(33)19-30(38-28)36(44)40-20-26-11-6-5-10-25(26)18-31(40)35(43)39-29(15-14-24-16-17-37-34(24)42)32(41)22-46-21-23-8-3-2-4-9-23/h2-13,19,24,29,31,38H,14-18,20-22H2,1H3,(H,37,42)(H,39,43)/t24-,29+,31+/m1/s1. The number of ether oxygens (including phenoxy) is 2. The van der Waals surface area contributed by atoms with Crippen LogP contribution in [0.3, 0.4) is 0 Å². The van der Waals surface area contributed by atoms with Crippen LogP contribution in [0, 0.1) is 5.92 Å². The molecule has 10 nitrogen and oxygen atoms in total. The Labute approximate surface area is 267 Å². The first-order valence-corrected chi connectivity index (χ1v) is 15.7. The van der Waals surface area contributed by atoms with Crippen molar-refractivity contribution in [3.05, 3.63) is 101 Å². The largest absolute Gasteiger partial charge is 0.496 e. The highest BCUT2D eigenvalue weighted by molar-refractivity contribution is 6.02. The fraction of sp³-hybridized carbons (Fsp3) is 0.333. The summed E-state index contributed by atoms with van der Waals surface area (Å²) in [5.74, 6) is -0.639. The van der Waals surface area contributed by atoms with E-state index in [2.05, 4.69) is 15.6 Å². The van der Waals surface area contributed by atoms with E-state index in [0.717, 1.165) is 27.6 Å². The normalized spacial score (nSPS) is 18.1. The highest BCUT2D eigenvalue weighted by atomic mass is 16.5. The fourth-order valence-corrected chi connectivity index (χ4v) is 6.36. The molecule has 0 aliphatic carbocycles. The van der Waals surface area contributed by atoms with Crippen molar-refractivity contribution in [3.63, 3.8) is 0 Å². The molecule has 6 rings (SSSR count). The molecule has 10 heteroatoms. The molecule has 3 atom stereocenters. The second-order valence-corrected chi connectivity index (χ2v) is 11.9. The number of methoxy groups -OCH3 is 1. The molecular formula is C36H38N4O6. The molecule has 0 saturated carbocycles. The first-order chi connectivity index (χ1) is 22.4. The van der Waals surface area contributed by atoms with Gasteiger partial charge >= 0.3 is 0 Å². The molecule has 0 radical (unpaired) electrons. The summed E-state index contributed by atoms with van der Waals surface area (Å²) in [6.45, 7) is 0.909. The number of carbonyl (C=O) groups excluding carboxylic acids is 4. The maximum atomic E-state index is 14.1. The summed E-state index contributed by atoms with van der Waals surface area (Å²) in [5, 5.41) is 6.57. The van der Waals surface area contributed by atoms with Gasteiger partial charge < -0.3 is 30.0 Å². The number of nitrogens with zero attached hydrogens (tertiary/aromatic N) is 1. The molecule has 1 fully saturated rings. The molecule has 0 unspecified atom stereocenters. The molecule has 46 heavy (non-hydrogen) atoms. The van der Waals surface area contributed by atoms with Gasteiger partial charge in [-0.05, 0) is 54.2 Å². The van der Waals surface area contributed by atoms with Gasteiger partial charge in [-0.3, -0.25) is 19.2 Å². The van der Waals surface area contributed by atoms with E-state index in [1.54, 1.807) is 18.1 Å². The minimum atomic E-state index is -0.872. The van der Waals surface area contributed by atoms with E-state index in [1.807, 2.05) is 72.8 Å². The van der Waals surface area contributed by atoms with Crippen LogP contribution in [0.25, 0.3) is 10.9 Å². The molecule has 3 heterocycles. The van der Waals surface area contributed by atoms with Gasteiger partial charge in [-0.2, -0.15) is 0 Å². The van der Waals surface area contributed by atoms with Crippen LogP contribution < -0.4 is 15.4 Å². The van der Waals surface area contributed by atoms with Crippen molar-refractivity contribution in [2.75, 3.05) is 20.3 Å². The zero-order valence-electron chi connectivity index (χ0n) is 25.8. The average molecular weight is 623 g/mol. The summed E-state index contributed by atoms with van der Waals surface area (Å²) in [4.78, 5) is 58.7. The summed E-state index contributed by atoms with van der Waals surface area (Å²) < 4.78 is 11.2. The molecular weight excluding hydrogens is 584 g/mol. The molecule has 0 bridgehead atoms. The van der Waals surface area contributed by atoms with E-state index >= 15 is 0 Å². The number of aromatic amines is 1. The first-order valence-electron chi connectivity index (χ1n) is 15.7. The van der Waals surface area contributed by atoms with Gasteiger partial charge in [0.1, 0.15) is 24.1 Å². The second kappa shape index (κ2) is 14.0. The van der Waals surface area contributed by atoms with E-state index in [1.165, 1.54) is 0 Å². The third-order valence-corrected chi connectivity index (χ3v) is 8.91. The molecule has 3 N–H and O–H groups in total. The Morgan fingerprint density at radius 2 is 1.78 bits per heavy atom. The SMILES string of the molecule is COc1cccc2[nH]c(C(=O)N3Cc4ccccc4C[C@H]3C(=O)N[C@@H](CC[C@@H]3CCNC3=O)C(=O)COCc3ccccc3)cc12. The Kier molecular flexibility index (Phi) is 9.44. The molecule has 1 saturated heterocycles. The highest BCUT2D eigenvalue weighted by Crippen LogP contribution is 2.29. The Bertz CT molecular complexity index is 1730. The van der Waals surface area contributed by atoms with Crippen molar-refractivity contribution in [2.24, 2.45) is 5.92 Å². The van der Waals surface area contributed by atoms with Gasteiger partial charge in [0, 0.05) is 36.3 Å². The Hall–Kier alpha value is -4.96. The zero-order chi connectivity index (χ0) is 32.0. The Balaban J connectivity index is 1.22. The number of Topliss-reactive ketones (excluding diaryl/α,β-unsaturated/α-hetero) is 1. The van der Waals surface area contributed by atoms with Crippen molar-refractivity contribution in [3.8, 4) is 5.75 Å². The van der Waals surface area contributed by atoms with Crippen LogP contribution in [0.15, 0.2) is 78.9 Å². The fourth-order valence-electron chi connectivity index (χ4n) is 6.36. The first kappa shape index (κ1) is 31.0. The smallest absolute Gasteiger partial charge is 0.271 e. The van der Waals surface area contributed by atoms with Crippen molar-refractivity contribution in [2.45, 2.75) is 50.9 Å². The molecule has 1 aromatic heterocycles. The minimum Gasteiger partial charge on any atom is -0.496 e. The maximum Gasteiger partial charge on any atom is 0.271 e. The topological polar surface area (TPSA) is 130 Å². The third-order valence-electron chi connectivity index (χ3n) is 8.91. The van der Waals surface area contributed by atoms with E-state index in [0.29, 0.717) is 37.3 Å². The highest BCUT2D eigenvalue weighted by Gasteiger charge is 2.37. The van der Waals surface area contributed by atoms with E-state index in [9.17, 15) is 19.2 Å². The lowest BCUT2D eigenvalue weighted by Crippen LogP contribution is -2.56. The number of fused-ring (bicyclic) bond motifs is 2. The predicted octanol–water partition coefficient (Wildman–Crippen LogP) is 3.93. The predicted molar refractivity (Wildman–Crippen MR) is 172 cm³/mol. The van der Waals surface area contributed by atoms with Gasteiger partial charge in [0.05, 0.1) is 19.8 Å². The quantitative estimate of drug-likeness (QED) is 0.220.